The summed E-state index contributed by atoms with van der Waals surface area (Å²) >= 11 is -2.37. The van der Waals surface area contributed by atoms with Gasteiger partial charge in [-0.3, -0.25) is 0 Å². The van der Waals surface area contributed by atoms with Crippen molar-refractivity contribution in [1.82, 2.24) is 0 Å². The quantitative estimate of drug-likeness (QED) is 0.364. The maximum atomic E-state index is 2.68. The van der Waals surface area contributed by atoms with Gasteiger partial charge in [-0.05, 0) is 0 Å². The van der Waals surface area contributed by atoms with Gasteiger partial charge in [-0.2, -0.15) is 0 Å². The number of hydrogen-bond acceptors (Lipinski definition) is 0. The number of rotatable bonds is 4. The van der Waals surface area contributed by atoms with Crippen LogP contribution in [0.25, 0.3) is 11.1 Å². The molecule has 2 aliphatic rings. The first kappa shape index (κ1) is 30.3. The molecule has 0 amide bonds. The zero-order valence-electron chi connectivity index (χ0n) is 23.2. The number of allylic oxidation sites excluding steroid dienone is 4. The van der Waals surface area contributed by atoms with Gasteiger partial charge < -0.3 is 24.8 Å². The molecule has 0 spiro atoms. The molecule has 0 aromatic heterocycles. The van der Waals surface area contributed by atoms with Crippen molar-refractivity contribution in [2.24, 2.45) is 0 Å². The van der Waals surface area contributed by atoms with Crippen molar-refractivity contribution in [2.75, 3.05) is 0 Å². The Hall–Kier alpha value is -1.19. The molecule has 37 heavy (non-hydrogen) atoms. The molecular weight excluding hydrogens is 674 g/mol. The summed E-state index contributed by atoms with van der Waals surface area (Å²) in [5, 5.41) is 1.66. The second kappa shape index (κ2) is 11.5. The van der Waals surface area contributed by atoms with Crippen LogP contribution in [0.3, 0.4) is 0 Å². The summed E-state index contributed by atoms with van der Waals surface area (Å²) in [4.78, 5) is 0. The van der Waals surface area contributed by atoms with E-state index >= 15 is 0 Å². The van der Waals surface area contributed by atoms with Gasteiger partial charge in [0.1, 0.15) is 0 Å². The van der Waals surface area contributed by atoms with E-state index in [4.69, 9.17) is 0 Å². The summed E-state index contributed by atoms with van der Waals surface area (Å²) in [6.07, 6.45) is 8.45. The van der Waals surface area contributed by atoms with Crippen molar-refractivity contribution in [2.45, 2.75) is 69.0 Å². The maximum Gasteiger partial charge on any atom is -1.00 e. The van der Waals surface area contributed by atoms with Gasteiger partial charge in [-0.1, -0.05) is 0 Å². The molecule has 4 heteroatoms. The summed E-state index contributed by atoms with van der Waals surface area (Å²) in [5.41, 5.74) is 9.67. The first-order valence-electron chi connectivity index (χ1n) is 13.1. The van der Waals surface area contributed by atoms with Gasteiger partial charge in [-0.15, -0.1) is 0 Å². The molecule has 3 aromatic carbocycles. The third-order valence-corrected chi connectivity index (χ3v) is 38.1. The molecule has 0 heterocycles. The van der Waals surface area contributed by atoms with E-state index in [0.717, 1.165) is 0 Å². The molecule has 0 bridgehead atoms. The summed E-state index contributed by atoms with van der Waals surface area (Å²) in [6, 6.07) is 26.2. The largest absolute Gasteiger partial charge is 1.00 e. The zero-order chi connectivity index (χ0) is 25.0. The fraction of sp³-hybridized carbons (Fsp3) is 0.333. The van der Waals surface area contributed by atoms with E-state index in [-0.39, 0.29) is 35.6 Å². The number of halogens is 2. The van der Waals surface area contributed by atoms with Gasteiger partial charge in [-0.25, -0.2) is 0 Å². The van der Waals surface area contributed by atoms with E-state index in [0.29, 0.717) is 3.67 Å². The summed E-state index contributed by atoms with van der Waals surface area (Å²) in [7, 11) is 0. The fourth-order valence-electron chi connectivity index (χ4n) is 6.05. The zero-order valence-corrected chi connectivity index (χ0v) is 29.5. The molecule has 0 radical (unpaired) electrons. The summed E-state index contributed by atoms with van der Waals surface area (Å²) < 4.78 is 2.47. The minimum absolute atomic E-state index is 0. The smallest absolute Gasteiger partial charge is 1.00 e. The standard InChI is InChI=1S/C21H25.C7H9Si.C5H5.2ClH.Hf/c1-20(2,3)15-11-10-14-12-18-16(17(14)13-15)8-7-9-19(18)21(4,5)6;1-8-7-5-3-2-4-6-7;1-2-4-5-3-1;;;/h7-13H,1-6H3;2-6,8H,1H3;1-3H,4H2;2*1H;/q;;;;;+2/p-2. The molecule has 0 saturated heterocycles. The Morgan fingerprint density at radius 2 is 1.49 bits per heavy atom. The van der Waals surface area contributed by atoms with E-state index in [2.05, 4.69) is 133 Å². The van der Waals surface area contributed by atoms with Crippen LogP contribution in [0.5, 0.6) is 0 Å². The molecule has 3 aromatic rings. The third-order valence-electron chi connectivity index (χ3n) is 7.94. The van der Waals surface area contributed by atoms with Crippen LogP contribution < -0.4 is 30.0 Å². The van der Waals surface area contributed by atoms with Crippen LogP contribution in [-0.2, 0) is 31.4 Å². The number of benzene rings is 3. The van der Waals surface area contributed by atoms with Crippen molar-refractivity contribution in [1.29, 1.82) is 0 Å². The number of hydrogen-bond donors (Lipinski definition) is 0. The Balaban J connectivity index is 0.00000190. The molecule has 0 N–H and O–H groups in total. The van der Waals surface area contributed by atoms with Gasteiger partial charge >= 0.3 is 222 Å². The Bertz CT molecular complexity index is 1310. The van der Waals surface area contributed by atoms with E-state index in [1.807, 2.05) is 3.33 Å². The molecule has 0 fully saturated rings. The van der Waals surface area contributed by atoms with Crippen LogP contribution in [0.1, 0.15) is 73.9 Å². The maximum absolute atomic E-state index is 2.68. The van der Waals surface area contributed by atoms with Crippen molar-refractivity contribution < 1.29 is 45.4 Å². The molecule has 193 valence electrons. The summed E-state index contributed by atoms with van der Waals surface area (Å²) in [6.45, 7) is 16.9. The van der Waals surface area contributed by atoms with Gasteiger partial charge in [0, 0.05) is 0 Å². The Morgan fingerprint density at radius 3 is 2.08 bits per heavy atom. The van der Waals surface area contributed by atoms with E-state index in [9.17, 15) is 0 Å². The van der Waals surface area contributed by atoms with Gasteiger partial charge in [0.25, 0.3) is 0 Å². The van der Waals surface area contributed by atoms with Crippen LogP contribution in [0.15, 0.2) is 88.3 Å². The van der Waals surface area contributed by atoms with Gasteiger partial charge in [0.2, 0.25) is 0 Å². The molecule has 0 aliphatic heterocycles. The second-order valence-electron chi connectivity index (χ2n) is 12.4. The first-order valence-corrected chi connectivity index (χ1v) is 25.5. The summed E-state index contributed by atoms with van der Waals surface area (Å²) in [5.74, 6) is -1.12. The SMILES string of the molecule is C[SiH](c1ccccc1)[Hf+2]([C]1=CC=CC1)[CH]1c2ccc(C(C)(C)C)cc2-c2cccc(C(C)(C)C)c21.[Cl-].[Cl-]. The first-order chi connectivity index (χ1) is 16.6. The molecule has 2 aliphatic carbocycles. The van der Waals surface area contributed by atoms with Crippen LogP contribution in [-0.4, -0.2) is 5.98 Å². The van der Waals surface area contributed by atoms with Crippen LogP contribution in [0.4, 0.5) is 0 Å². The van der Waals surface area contributed by atoms with Crippen molar-refractivity contribution in [3.05, 3.63) is 111 Å². The van der Waals surface area contributed by atoms with Crippen LogP contribution in [0, 0.1) is 0 Å². The molecule has 0 saturated carbocycles. The van der Waals surface area contributed by atoms with Gasteiger partial charge in [0.15, 0.2) is 0 Å². The minimum Gasteiger partial charge on any atom is -1.00 e. The normalized spacial score (nSPS) is 16.7. The van der Waals surface area contributed by atoms with Crippen molar-refractivity contribution >= 4 is 11.2 Å². The molecule has 0 nitrogen and oxygen atoms in total. The monoisotopic (exact) mass is 713 g/mol. The van der Waals surface area contributed by atoms with E-state index in [1.54, 1.807) is 21.9 Å². The average molecular weight is 713 g/mol. The van der Waals surface area contributed by atoms with Crippen LogP contribution in [0.2, 0.25) is 6.55 Å². The van der Waals surface area contributed by atoms with E-state index < -0.39 is 26.6 Å². The van der Waals surface area contributed by atoms with E-state index in [1.165, 1.54) is 23.1 Å². The fourth-order valence-corrected chi connectivity index (χ4v) is 38.2. The Morgan fingerprint density at radius 1 is 0.784 bits per heavy atom. The van der Waals surface area contributed by atoms with Crippen LogP contribution >= 0.6 is 0 Å². The minimum atomic E-state index is -2.37. The topological polar surface area (TPSA) is 0 Å². The second-order valence-corrected chi connectivity index (χ2v) is 36.6. The van der Waals surface area contributed by atoms with Gasteiger partial charge in [0.05, 0.1) is 0 Å². The predicted octanol–water partition coefficient (Wildman–Crippen LogP) is 2.08. The van der Waals surface area contributed by atoms with Crippen molar-refractivity contribution in [3.8, 4) is 11.1 Å². The molecule has 2 atom stereocenters. The Labute approximate surface area is 245 Å². The van der Waals surface area contributed by atoms with Crippen molar-refractivity contribution in [3.63, 3.8) is 0 Å². The predicted molar refractivity (Wildman–Crippen MR) is 152 cm³/mol. The third kappa shape index (κ3) is 5.74. The molecular formula is C33H39Cl2HfSi. The number of fused-ring (bicyclic) bond motifs is 3. The Kier molecular flexibility index (Phi) is 9.44. The molecule has 5 rings (SSSR count). The average Bonchev–Trinajstić information content (AvgIpc) is 3.45. The molecule has 2 unspecified atom stereocenters.